The van der Waals surface area contributed by atoms with Gasteiger partial charge in [-0.25, -0.2) is 4.39 Å². The van der Waals surface area contributed by atoms with Crippen molar-refractivity contribution < 1.29 is 48.7 Å². The highest BCUT2D eigenvalue weighted by molar-refractivity contribution is 6.03. The second-order valence-electron chi connectivity index (χ2n) is 16.8. The molecule has 6 unspecified atom stereocenters. The predicted molar refractivity (Wildman–Crippen MR) is 244 cm³/mol. The van der Waals surface area contributed by atoms with Gasteiger partial charge in [-0.3, -0.25) is 25.0 Å². The number of aliphatic hydroxyl groups is 2. The minimum atomic E-state index is -1.64. The van der Waals surface area contributed by atoms with Gasteiger partial charge in [-0.2, -0.15) is 0 Å². The molecule has 6 atom stereocenters. The van der Waals surface area contributed by atoms with Crippen LogP contribution in [0, 0.1) is 43.8 Å². The van der Waals surface area contributed by atoms with Crippen LogP contribution in [0.4, 0.5) is 15.8 Å². The van der Waals surface area contributed by atoms with Crippen molar-refractivity contribution in [2.24, 2.45) is 22.9 Å². The highest BCUT2D eigenvalue weighted by Crippen LogP contribution is 2.62. The molecule has 66 heavy (non-hydrogen) atoms. The minimum Gasteiger partial charge on any atom is -0.508 e. The van der Waals surface area contributed by atoms with Gasteiger partial charge in [-0.1, -0.05) is 42.3 Å². The number of nitro benzene ring substituents is 2. The lowest BCUT2D eigenvalue weighted by molar-refractivity contribution is -0.385. The van der Waals surface area contributed by atoms with Crippen molar-refractivity contribution in [2.75, 3.05) is 19.8 Å². The third kappa shape index (κ3) is 10.5. The molecule has 0 saturated heterocycles. The number of benzene rings is 4. The van der Waals surface area contributed by atoms with E-state index in [-0.39, 0.29) is 68.4 Å². The molecule has 0 bridgehead atoms. The van der Waals surface area contributed by atoms with Crippen molar-refractivity contribution in [3.05, 3.63) is 170 Å². The topological polar surface area (TPSA) is 207 Å². The summed E-state index contributed by atoms with van der Waals surface area (Å²) in [6.45, 7) is 3.90. The van der Waals surface area contributed by atoms with Crippen LogP contribution in [0.1, 0.15) is 73.1 Å². The molecule has 16 heteroatoms. The van der Waals surface area contributed by atoms with Gasteiger partial charge < -0.3 is 34.5 Å². The molecule has 0 spiro atoms. The molecule has 1 fully saturated rings. The predicted octanol–water partition coefficient (Wildman–Crippen LogP) is 8.92. The minimum absolute atomic E-state index is 0.00276. The number of phenols is 1. The van der Waals surface area contributed by atoms with E-state index in [9.17, 15) is 39.9 Å². The van der Waals surface area contributed by atoms with E-state index >= 15 is 4.79 Å². The molecule has 4 aromatic rings. The Morgan fingerprint density at radius 2 is 1.56 bits per heavy atom. The number of phenolic OH excluding ortho intramolecular Hbond substituents is 1. The van der Waals surface area contributed by atoms with Crippen LogP contribution >= 0.6 is 0 Å². The number of nitro groups is 2. The molecule has 3 aliphatic rings. The Balaban J connectivity index is 1.43. The van der Waals surface area contributed by atoms with Crippen LogP contribution in [0.3, 0.4) is 0 Å². The number of aliphatic hydroxyl groups excluding tert-OH is 2. The van der Waals surface area contributed by atoms with Gasteiger partial charge in [0, 0.05) is 68.0 Å². The van der Waals surface area contributed by atoms with Crippen LogP contribution in [0.2, 0.25) is 0 Å². The maximum atomic E-state index is 15.0. The number of carbonyl (C=O) groups excluding carboxylic acids is 1. The molecule has 0 aromatic heterocycles. The third-order valence-corrected chi connectivity index (χ3v) is 12.7. The average molecular weight is 905 g/mol. The van der Waals surface area contributed by atoms with Crippen LogP contribution in [0.5, 0.6) is 11.5 Å². The first-order valence-electron chi connectivity index (χ1n) is 22.1. The van der Waals surface area contributed by atoms with Crippen molar-refractivity contribution >= 4 is 29.1 Å². The molecular weight excluding hydrogens is 852 g/mol. The van der Waals surface area contributed by atoms with Crippen LogP contribution in [-0.2, 0) is 27.5 Å². The van der Waals surface area contributed by atoms with Crippen molar-refractivity contribution in [3.8, 4) is 11.5 Å². The number of unbranched alkanes of at least 4 members (excludes halogenated alkanes) is 2. The molecule has 4 aromatic carbocycles. The zero-order chi connectivity index (χ0) is 46.8. The number of rotatable bonds is 21. The summed E-state index contributed by atoms with van der Waals surface area (Å²) < 4.78 is 28.6. The number of hydrogen-bond acceptors (Lipinski definition) is 12. The zero-order valence-corrected chi connectivity index (χ0v) is 36.3. The van der Waals surface area contributed by atoms with Gasteiger partial charge in [0.25, 0.3) is 11.4 Å². The summed E-state index contributed by atoms with van der Waals surface area (Å²) in [5.41, 5.74) is 3.52. The van der Waals surface area contributed by atoms with Crippen molar-refractivity contribution in [1.82, 2.24) is 4.90 Å². The molecular formula is C50H53FN4O11. The molecule has 7 rings (SSSR count). The van der Waals surface area contributed by atoms with Crippen molar-refractivity contribution in [1.29, 1.82) is 0 Å². The normalized spacial score (nSPS) is 22.4. The summed E-state index contributed by atoms with van der Waals surface area (Å²) in [5.74, 6) is -3.42. The van der Waals surface area contributed by atoms with Gasteiger partial charge in [0.15, 0.2) is 0 Å². The molecule has 1 heterocycles. The number of halogens is 1. The number of non-ortho nitro benzene ring substituents is 2. The lowest BCUT2D eigenvalue weighted by atomic mass is 9.55. The first kappa shape index (κ1) is 47.2. The summed E-state index contributed by atoms with van der Waals surface area (Å²) in [5, 5.41) is 58.4. The van der Waals surface area contributed by atoms with Gasteiger partial charge >= 0.3 is 0 Å². The smallest absolute Gasteiger partial charge is 0.269 e. The molecule has 15 nitrogen and oxygen atoms in total. The molecule has 2 aliphatic carbocycles. The molecule has 0 radical (unpaired) electrons. The van der Waals surface area contributed by atoms with E-state index in [1.54, 1.807) is 53.5 Å². The highest BCUT2D eigenvalue weighted by Gasteiger charge is 2.65. The van der Waals surface area contributed by atoms with Gasteiger partial charge in [0.05, 0.1) is 28.1 Å². The first-order chi connectivity index (χ1) is 32.0. The van der Waals surface area contributed by atoms with Crippen LogP contribution in [-0.4, -0.2) is 73.3 Å². The summed E-state index contributed by atoms with van der Waals surface area (Å²) >= 11 is 0. The first-order valence-corrected chi connectivity index (χ1v) is 22.1. The molecule has 1 aliphatic heterocycles. The standard InChI is InChI=1S/C50H53FN4O11/c1-2-27-64-50-46(53(31-34-9-16-37(51)17-10-34)47(59)24-15-33-11-18-38(19-12-33)54(60)61)30-44(52-65-32-35-13-20-39(21-14-35)55(62)63)42-28-36(7-3-5-25-56)41(8-4-6-26-57)48(49(42)50)43-29-40(58)22-23-45(43)66-50/h2,9-24,28-29,36,41,46,48-49,56-58H,1,3-8,25-27,30-32H2. The van der Waals surface area contributed by atoms with Crippen molar-refractivity contribution in [2.45, 2.75) is 75.8 Å². The summed E-state index contributed by atoms with van der Waals surface area (Å²) in [4.78, 5) is 44.5. The fourth-order valence-corrected chi connectivity index (χ4v) is 9.65. The highest BCUT2D eigenvalue weighted by atomic mass is 19.1. The zero-order valence-electron chi connectivity index (χ0n) is 36.3. The van der Waals surface area contributed by atoms with E-state index in [0.29, 0.717) is 66.7 Å². The second-order valence-corrected chi connectivity index (χ2v) is 16.8. The number of hydrogen-bond donors (Lipinski definition) is 3. The Kier molecular flexibility index (Phi) is 15.4. The maximum Gasteiger partial charge on any atom is 0.269 e. The average Bonchev–Trinajstić information content (AvgIpc) is 3.31. The Morgan fingerprint density at radius 1 is 0.909 bits per heavy atom. The molecule has 1 amide bonds. The number of amides is 1. The Hall–Kier alpha value is -6.75. The van der Waals surface area contributed by atoms with Gasteiger partial charge in [-0.15, -0.1) is 6.58 Å². The summed E-state index contributed by atoms with van der Waals surface area (Å²) in [7, 11) is 0. The van der Waals surface area contributed by atoms with E-state index in [1.807, 2.05) is 0 Å². The van der Waals surface area contributed by atoms with Crippen LogP contribution in [0.25, 0.3) is 6.08 Å². The number of oxime groups is 1. The van der Waals surface area contributed by atoms with Gasteiger partial charge in [-0.05, 0) is 120 Å². The van der Waals surface area contributed by atoms with Crippen LogP contribution < -0.4 is 4.74 Å². The van der Waals surface area contributed by atoms with E-state index < -0.39 is 45.2 Å². The number of aromatic hydroxyl groups is 1. The monoisotopic (exact) mass is 904 g/mol. The maximum absolute atomic E-state index is 15.0. The van der Waals surface area contributed by atoms with Gasteiger partial charge in [0.1, 0.15) is 30.0 Å². The van der Waals surface area contributed by atoms with E-state index in [4.69, 9.17) is 19.5 Å². The van der Waals surface area contributed by atoms with E-state index in [2.05, 4.69) is 12.7 Å². The molecule has 1 saturated carbocycles. The summed E-state index contributed by atoms with van der Waals surface area (Å²) in [6, 6.07) is 21.4. The second kappa shape index (κ2) is 21.5. The van der Waals surface area contributed by atoms with E-state index in [0.717, 1.165) is 11.1 Å². The number of nitrogens with zero attached hydrogens (tertiary/aromatic N) is 4. The van der Waals surface area contributed by atoms with Crippen molar-refractivity contribution in [3.63, 3.8) is 0 Å². The summed E-state index contributed by atoms with van der Waals surface area (Å²) in [6.07, 6.45) is 10.6. The lowest BCUT2D eigenvalue weighted by Gasteiger charge is -2.60. The number of carbonyl (C=O) groups is 1. The molecule has 3 N–H and O–H groups in total. The lowest BCUT2D eigenvalue weighted by Crippen LogP contribution is -2.70. The number of fused-ring (bicyclic) bond motifs is 2. The Bertz CT molecular complexity index is 2460. The van der Waals surface area contributed by atoms with E-state index in [1.165, 1.54) is 60.7 Å². The quantitative estimate of drug-likeness (QED) is 0.0236. The Labute approximate surface area is 381 Å². The fraction of sp³-hybridized carbons (Fsp3) is 0.360. The Morgan fingerprint density at radius 3 is 2.21 bits per heavy atom. The van der Waals surface area contributed by atoms with Gasteiger partial charge in [0.2, 0.25) is 11.7 Å². The fourth-order valence-electron chi connectivity index (χ4n) is 9.65. The van der Waals surface area contributed by atoms with Crippen LogP contribution in [0.15, 0.2) is 127 Å². The largest absolute Gasteiger partial charge is 0.508 e. The number of ether oxygens (including phenoxy) is 2. The third-order valence-electron chi connectivity index (χ3n) is 12.7. The molecule has 346 valence electrons. The number of allylic oxidation sites excluding steroid dienone is 1. The SMILES string of the molecule is C=CCOC12Oc3ccc(O)cc3C3C(CCCCO)C(CCCCO)C=C(C(=NOCc4ccc([N+](=O)[O-])cc4)CC1N(Cc1ccc(F)cc1)C(=O)C=Cc1ccc([N+](=O)[O-])cc1)C32.